The first kappa shape index (κ1) is 20.1. The van der Waals surface area contributed by atoms with Crippen LogP contribution < -0.4 is 5.32 Å². The SMILES string of the molecule is CCn1ncc(C(=O)NC2CCCN(Cc3nn(CC)c4c3COCC4)C2)c1C. The fraction of sp³-hybridized carbons (Fsp3) is 0.667. The Morgan fingerprint density at radius 3 is 2.90 bits per heavy atom. The number of carbonyl (C=O) groups is 1. The number of fused-ring (bicyclic) bond motifs is 1. The fourth-order valence-electron chi connectivity index (χ4n) is 4.55. The molecule has 1 unspecified atom stereocenters. The summed E-state index contributed by atoms with van der Waals surface area (Å²) >= 11 is 0. The van der Waals surface area contributed by atoms with Gasteiger partial charge in [0.1, 0.15) is 0 Å². The molecular weight excluding hydrogens is 368 g/mol. The minimum absolute atomic E-state index is 0.0184. The summed E-state index contributed by atoms with van der Waals surface area (Å²) in [7, 11) is 0. The summed E-state index contributed by atoms with van der Waals surface area (Å²) in [6.07, 6.45) is 4.71. The number of nitrogens with zero attached hydrogens (tertiary/aromatic N) is 5. The number of hydrogen-bond acceptors (Lipinski definition) is 5. The highest BCUT2D eigenvalue weighted by Gasteiger charge is 2.26. The lowest BCUT2D eigenvalue weighted by molar-refractivity contribution is 0.0897. The Kier molecular flexibility index (Phi) is 6.01. The van der Waals surface area contributed by atoms with Gasteiger partial charge in [-0.1, -0.05) is 0 Å². The van der Waals surface area contributed by atoms with E-state index in [1.165, 1.54) is 11.3 Å². The molecule has 1 N–H and O–H groups in total. The van der Waals surface area contributed by atoms with Crippen molar-refractivity contribution in [1.29, 1.82) is 0 Å². The van der Waals surface area contributed by atoms with Gasteiger partial charge < -0.3 is 10.1 Å². The van der Waals surface area contributed by atoms with Crippen LogP contribution >= 0.6 is 0 Å². The second-order valence-electron chi connectivity index (χ2n) is 8.00. The molecule has 8 nitrogen and oxygen atoms in total. The largest absolute Gasteiger partial charge is 0.376 e. The molecule has 2 aliphatic heterocycles. The Morgan fingerprint density at radius 1 is 1.31 bits per heavy atom. The van der Waals surface area contributed by atoms with Gasteiger partial charge in [0.05, 0.1) is 30.7 Å². The minimum atomic E-state index is -0.0184. The summed E-state index contributed by atoms with van der Waals surface area (Å²) in [5, 5.41) is 12.4. The molecule has 2 aliphatic rings. The van der Waals surface area contributed by atoms with Crippen LogP contribution in [0.25, 0.3) is 0 Å². The minimum Gasteiger partial charge on any atom is -0.376 e. The van der Waals surface area contributed by atoms with E-state index in [4.69, 9.17) is 9.84 Å². The number of carbonyl (C=O) groups excluding carboxylic acids is 1. The van der Waals surface area contributed by atoms with Crippen molar-refractivity contribution >= 4 is 5.91 Å². The van der Waals surface area contributed by atoms with Gasteiger partial charge in [0.15, 0.2) is 0 Å². The van der Waals surface area contributed by atoms with Crippen molar-refractivity contribution in [2.45, 2.75) is 72.3 Å². The predicted octanol–water partition coefficient (Wildman–Crippen LogP) is 1.89. The summed E-state index contributed by atoms with van der Waals surface area (Å²) in [6, 6.07) is 0.154. The Labute approximate surface area is 172 Å². The van der Waals surface area contributed by atoms with Crippen LogP contribution in [-0.4, -0.2) is 56.1 Å². The predicted molar refractivity (Wildman–Crippen MR) is 110 cm³/mol. The Hall–Kier alpha value is -2.19. The Morgan fingerprint density at radius 2 is 2.14 bits per heavy atom. The molecular formula is C21H32N6O2. The first-order chi connectivity index (χ1) is 14.1. The van der Waals surface area contributed by atoms with Crippen LogP contribution in [0.2, 0.25) is 0 Å². The molecule has 0 aromatic carbocycles. The smallest absolute Gasteiger partial charge is 0.255 e. The number of likely N-dealkylation sites (tertiary alicyclic amines) is 1. The van der Waals surface area contributed by atoms with E-state index in [1.807, 2.05) is 18.5 Å². The van der Waals surface area contributed by atoms with Crippen molar-refractivity contribution in [2.24, 2.45) is 0 Å². The first-order valence-electron chi connectivity index (χ1n) is 10.8. The van der Waals surface area contributed by atoms with E-state index in [0.29, 0.717) is 12.2 Å². The summed E-state index contributed by atoms with van der Waals surface area (Å²) in [5.74, 6) is -0.0184. The molecule has 0 bridgehead atoms. The van der Waals surface area contributed by atoms with Gasteiger partial charge >= 0.3 is 0 Å². The second kappa shape index (κ2) is 8.67. The maximum absolute atomic E-state index is 12.7. The Balaban J connectivity index is 1.41. The number of aromatic nitrogens is 4. The fourth-order valence-corrected chi connectivity index (χ4v) is 4.55. The third kappa shape index (κ3) is 4.09. The quantitative estimate of drug-likeness (QED) is 0.801. The average Bonchev–Trinajstić information content (AvgIpc) is 3.28. The van der Waals surface area contributed by atoms with Gasteiger partial charge in [-0.2, -0.15) is 10.2 Å². The Bertz CT molecular complexity index is 871. The summed E-state index contributed by atoms with van der Waals surface area (Å²) in [6.45, 7) is 11.9. The highest BCUT2D eigenvalue weighted by molar-refractivity contribution is 5.95. The lowest BCUT2D eigenvalue weighted by Gasteiger charge is -2.33. The maximum atomic E-state index is 12.7. The molecule has 0 aliphatic carbocycles. The lowest BCUT2D eigenvalue weighted by Crippen LogP contribution is -2.47. The number of hydrogen-bond donors (Lipinski definition) is 1. The average molecular weight is 401 g/mol. The van der Waals surface area contributed by atoms with Crippen molar-refractivity contribution in [2.75, 3.05) is 19.7 Å². The molecule has 1 fully saturated rings. The molecule has 0 saturated carbocycles. The first-order valence-corrected chi connectivity index (χ1v) is 10.8. The molecule has 4 heterocycles. The molecule has 2 aromatic heterocycles. The molecule has 1 amide bonds. The van der Waals surface area contributed by atoms with Crippen molar-refractivity contribution in [3.05, 3.63) is 34.4 Å². The van der Waals surface area contributed by atoms with Crippen molar-refractivity contribution in [3.63, 3.8) is 0 Å². The van der Waals surface area contributed by atoms with Gasteiger partial charge in [-0.15, -0.1) is 0 Å². The van der Waals surface area contributed by atoms with Crippen molar-refractivity contribution in [3.8, 4) is 0 Å². The molecule has 4 rings (SSSR count). The van der Waals surface area contributed by atoms with E-state index in [2.05, 4.69) is 26.9 Å². The number of piperidine rings is 1. The molecule has 2 aromatic rings. The van der Waals surface area contributed by atoms with E-state index in [9.17, 15) is 4.79 Å². The van der Waals surface area contributed by atoms with Crippen LogP contribution in [0.1, 0.15) is 59.7 Å². The highest BCUT2D eigenvalue weighted by Crippen LogP contribution is 2.23. The topological polar surface area (TPSA) is 77.2 Å². The second-order valence-corrected chi connectivity index (χ2v) is 8.00. The molecule has 1 atom stereocenters. The van der Waals surface area contributed by atoms with E-state index in [0.717, 1.165) is 70.0 Å². The number of rotatable bonds is 6. The number of ether oxygens (including phenoxy) is 1. The van der Waals surface area contributed by atoms with E-state index in [1.54, 1.807) is 6.20 Å². The van der Waals surface area contributed by atoms with E-state index >= 15 is 0 Å². The van der Waals surface area contributed by atoms with E-state index in [-0.39, 0.29) is 11.9 Å². The van der Waals surface area contributed by atoms with Crippen LogP contribution in [0.4, 0.5) is 0 Å². The standard InChI is InChI=1S/C21H32N6O2/c1-4-26-15(3)17(11-22-26)21(28)23-16-7-6-9-25(12-16)13-19-18-14-29-10-8-20(18)27(5-2)24-19/h11,16H,4-10,12-14H2,1-3H3,(H,23,28). The lowest BCUT2D eigenvalue weighted by atomic mass is 10.0. The molecule has 8 heteroatoms. The van der Waals surface area contributed by atoms with Gasteiger partial charge in [-0.25, -0.2) is 0 Å². The zero-order valence-electron chi connectivity index (χ0n) is 17.8. The molecule has 158 valence electrons. The number of amides is 1. The summed E-state index contributed by atoms with van der Waals surface area (Å²) < 4.78 is 9.68. The third-order valence-corrected chi connectivity index (χ3v) is 6.14. The number of aryl methyl sites for hydroxylation is 2. The van der Waals surface area contributed by atoms with Crippen molar-refractivity contribution < 1.29 is 9.53 Å². The molecule has 1 saturated heterocycles. The van der Waals surface area contributed by atoms with Crippen LogP contribution in [0, 0.1) is 6.92 Å². The van der Waals surface area contributed by atoms with Crippen LogP contribution in [0.15, 0.2) is 6.20 Å². The zero-order chi connectivity index (χ0) is 20.4. The maximum Gasteiger partial charge on any atom is 0.255 e. The highest BCUT2D eigenvalue weighted by atomic mass is 16.5. The summed E-state index contributed by atoms with van der Waals surface area (Å²) in [4.78, 5) is 15.2. The van der Waals surface area contributed by atoms with E-state index < -0.39 is 0 Å². The van der Waals surface area contributed by atoms with Crippen LogP contribution in [0.3, 0.4) is 0 Å². The molecule has 0 radical (unpaired) electrons. The van der Waals surface area contributed by atoms with Crippen LogP contribution in [0.5, 0.6) is 0 Å². The molecule has 29 heavy (non-hydrogen) atoms. The van der Waals surface area contributed by atoms with Gasteiger partial charge in [-0.05, 0) is 40.2 Å². The number of nitrogens with one attached hydrogen (secondary N) is 1. The summed E-state index contributed by atoms with van der Waals surface area (Å²) in [5.41, 5.74) is 5.34. The van der Waals surface area contributed by atoms with Crippen molar-refractivity contribution in [1.82, 2.24) is 29.8 Å². The van der Waals surface area contributed by atoms with Gasteiger partial charge in [0, 0.05) is 55.6 Å². The van der Waals surface area contributed by atoms with Crippen LogP contribution in [-0.2, 0) is 37.4 Å². The zero-order valence-corrected chi connectivity index (χ0v) is 17.8. The molecule has 0 spiro atoms. The van der Waals surface area contributed by atoms with Gasteiger partial charge in [0.25, 0.3) is 5.91 Å². The normalized spacial score (nSPS) is 19.9. The third-order valence-electron chi connectivity index (χ3n) is 6.14. The van der Waals surface area contributed by atoms with Gasteiger partial charge in [0.2, 0.25) is 0 Å². The monoisotopic (exact) mass is 400 g/mol. The van der Waals surface area contributed by atoms with Gasteiger partial charge in [-0.3, -0.25) is 19.1 Å².